The van der Waals surface area contributed by atoms with Crippen molar-refractivity contribution in [1.82, 2.24) is 0 Å². The van der Waals surface area contributed by atoms with Crippen molar-refractivity contribution in [1.29, 1.82) is 0 Å². The van der Waals surface area contributed by atoms with Crippen LogP contribution in [-0.4, -0.2) is 5.71 Å². The van der Waals surface area contributed by atoms with E-state index in [9.17, 15) is 0 Å². The van der Waals surface area contributed by atoms with E-state index < -0.39 is 0 Å². The second kappa shape index (κ2) is 6.91. The monoisotopic (exact) mass is 366 g/mol. The van der Waals surface area contributed by atoms with Crippen LogP contribution < -0.4 is 5.01 Å². The summed E-state index contributed by atoms with van der Waals surface area (Å²) in [5.74, 6) is 0. The number of halogens is 2. The Kier molecular flexibility index (Phi) is 4.48. The van der Waals surface area contributed by atoms with E-state index >= 15 is 0 Å². The van der Waals surface area contributed by atoms with E-state index in [1.807, 2.05) is 60.7 Å². The number of hydrogen-bond acceptors (Lipinski definition) is 2. The Morgan fingerprint density at radius 1 is 0.800 bits per heavy atom. The molecule has 124 valence electrons. The van der Waals surface area contributed by atoms with Gasteiger partial charge in [0.2, 0.25) is 0 Å². The Morgan fingerprint density at radius 2 is 1.48 bits per heavy atom. The lowest BCUT2D eigenvalue weighted by molar-refractivity contribution is 0.709. The zero-order valence-electron chi connectivity index (χ0n) is 13.4. The molecule has 1 heterocycles. The van der Waals surface area contributed by atoms with Crippen molar-refractivity contribution in [3.8, 4) is 0 Å². The van der Waals surface area contributed by atoms with Gasteiger partial charge in [0.05, 0.1) is 17.4 Å². The lowest BCUT2D eigenvalue weighted by Gasteiger charge is -2.24. The molecule has 4 heteroatoms. The fraction of sp³-hybridized carbons (Fsp3) is 0.0952. The normalized spacial score (nSPS) is 16.8. The number of para-hydroxylation sites is 1. The van der Waals surface area contributed by atoms with Gasteiger partial charge in [-0.05, 0) is 41.5 Å². The summed E-state index contributed by atoms with van der Waals surface area (Å²) in [7, 11) is 0. The molecule has 0 saturated heterocycles. The van der Waals surface area contributed by atoms with E-state index in [4.69, 9.17) is 28.3 Å². The summed E-state index contributed by atoms with van der Waals surface area (Å²) in [6, 6.07) is 26.1. The summed E-state index contributed by atoms with van der Waals surface area (Å²) >= 11 is 12.5. The van der Waals surface area contributed by atoms with Crippen LogP contribution in [0.15, 0.2) is 84.0 Å². The van der Waals surface area contributed by atoms with Crippen molar-refractivity contribution in [3.63, 3.8) is 0 Å². The van der Waals surface area contributed by atoms with E-state index in [0.717, 1.165) is 39.0 Å². The van der Waals surface area contributed by atoms with Crippen LogP contribution in [0.5, 0.6) is 0 Å². The first-order chi connectivity index (χ1) is 12.2. The van der Waals surface area contributed by atoms with Gasteiger partial charge in [0.1, 0.15) is 0 Å². The van der Waals surface area contributed by atoms with Crippen LogP contribution in [0.4, 0.5) is 5.69 Å². The molecule has 0 amide bonds. The summed E-state index contributed by atoms with van der Waals surface area (Å²) in [6.45, 7) is 0. The Balaban J connectivity index is 1.77. The number of rotatable bonds is 3. The molecule has 0 aliphatic carbocycles. The Bertz CT molecular complexity index is 905. The first-order valence-electron chi connectivity index (χ1n) is 8.14. The van der Waals surface area contributed by atoms with Gasteiger partial charge in [-0.3, -0.25) is 5.01 Å². The van der Waals surface area contributed by atoms with Crippen molar-refractivity contribution in [3.05, 3.63) is 100 Å². The van der Waals surface area contributed by atoms with Crippen LogP contribution in [0.25, 0.3) is 0 Å². The zero-order valence-corrected chi connectivity index (χ0v) is 15.0. The van der Waals surface area contributed by atoms with Gasteiger partial charge in [0.15, 0.2) is 0 Å². The molecule has 0 aromatic heterocycles. The lowest BCUT2D eigenvalue weighted by atomic mass is 9.98. The highest BCUT2D eigenvalue weighted by Crippen LogP contribution is 2.39. The van der Waals surface area contributed by atoms with Crippen molar-refractivity contribution in [2.45, 2.75) is 12.5 Å². The third-order valence-electron chi connectivity index (χ3n) is 4.37. The van der Waals surface area contributed by atoms with Crippen molar-refractivity contribution in [2.75, 3.05) is 5.01 Å². The lowest BCUT2D eigenvalue weighted by Crippen LogP contribution is -2.18. The minimum Gasteiger partial charge on any atom is -0.257 e. The van der Waals surface area contributed by atoms with Gasteiger partial charge in [-0.15, -0.1) is 0 Å². The van der Waals surface area contributed by atoms with Crippen LogP contribution in [0.1, 0.15) is 23.6 Å². The maximum Gasteiger partial charge on any atom is 0.0846 e. The predicted octanol–water partition coefficient (Wildman–Crippen LogP) is 6.35. The van der Waals surface area contributed by atoms with Gasteiger partial charge < -0.3 is 0 Å². The number of benzene rings is 3. The summed E-state index contributed by atoms with van der Waals surface area (Å²) < 4.78 is 0. The average Bonchev–Trinajstić information content (AvgIpc) is 3.08. The van der Waals surface area contributed by atoms with Crippen LogP contribution in [0.2, 0.25) is 10.0 Å². The Hall–Kier alpha value is -2.29. The third kappa shape index (κ3) is 3.28. The molecular weight excluding hydrogens is 351 g/mol. The number of anilines is 1. The first-order valence-corrected chi connectivity index (χ1v) is 8.90. The molecule has 0 bridgehead atoms. The van der Waals surface area contributed by atoms with Crippen LogP contribution in [-0.2, 0) is 0 Å². The summed E-state index contributed by atoms with van der Waals surface area (Å²) in [5.41, 5.74) is 4.25. The number of hydrazone groups is 1. The fourth-order valence-electron chi connectivity index (χ4n) is 3.13. The molecule has 2 nitrogen and oxygen atoms in total. The summed E-state index contributed by atoms with van der Waals surface area (Å²) in [4.78, 5) is 0. The van der Waals surface area contributed by atoms with Crippen molar-refractivity contribution >= 4 is 34.6 Å². The second-order valence-electron chi connectivity index (χ2n) is 5.98. The molecule has 0 spiro atoms. The Labute approximate surface area is 157 Å². The smallest absolute Gasteiger partial charge is 0.0846 e. The van der Waals surface area contributed by atoms with Crippen LogP contribution in [0, 0.1) is 0 Å². The minimum absolute atomic E-state index is 0.0711. The maximum absolute atomic E-state index is 6.48. The van der Waals surface area contributed by atoms with Gasteiger partial charge >= 0.3 is 0 Å². The van der Waals surface area contributed by atoms with Crippen molar-refractivity contribution in [2.24, 2.45) is 5.10 Å². The molecule has 25 heavy (non-hydrogen) atoms. The van der Waals surface area contributed by atoms with Gasteiger partial charge in [-0.25, -0.2) is 0 Å². The van der Waals surface area contributed by atoms with Crippen molar-refractivity contribution < 1.29 is 0 Å². The molecule has 3 aromatic carbocycles. The quantitative estimate of drug-likeness (QED) is 0.527. The van der Waals surface area contributed by atoms with E-state index in [1.54, 1.807) is 0 Å². The second-order valence-corrected chi connectivity index (χ2v) is 6.82. The maximum atomic E-state index is 6.48. The molecule has 0 N–H and O–H groups in total. The van der Waals surface area contributed by atoms with Gasteiger partial charge in [0, 0.05) is 16.5 Å². The average molecular weight is 367 g/mol. The van der Waals surface area contributed by atoms with E-state index in [0.29, 0.717) is 0 Å². The molecular formula is C21H16Cl2N2. The Morgan fingerprint density at radius 3 is 2.20 bits per heavy atom. The minimum atomic E-state index is 0.0711. The van der Waals surface area contributed by atoms with Gasteiger partial charge in [-0.2, -0.15) is 5.10 Å². The molecule has 1 unspecified atom stereocenters. The van der Waals surface area contributed by atoms with Gasteiger partial charge in [-0.1, -0.05) is 71.7 Å². The van der Waals surface area contributed by atoms with E-state index in [2.05, 4.69) is 23.2 Å². The number of hydrogen-bond donors (Lipinski definition) is 0. The van der Waals surface area contributed by atoms with E-state index in [-0.39, 0.29) is 6.04 Å². The molecule has 0 radical (unpaired) electrons. The molecule has 0 fully saturated rings. The zero-order chi connectivity index (χ0) is 17.2. The van der Waals surface area contributed by atoms with Crippen LogP contribution in [0.3, 0.4) is 0 Å². The molecule has 1 aliphatic heterocycles. The summed E-state index contributed by atoms with van der Waals surface area (Å²) in [6.07, 6.45) is 0.792. The molecule has 3 aromatic rings. The summed E-state index contributed by atoms with van der Waals surface area (Å²) in [5, 5.41) is 8.46. The molecule has 1 atom stereocenters. The molecule has 0 saturated carbocycles. The van der Waals surface area contributed by atoms with Crippen LogP contribution >= 0.6 is 23.2 Å². The molecule has 1 aliphatic rings. The van der Waals surface area contributed by atoms with E-state index in [1.165, 1.54) is 0 Å². The highest BCUT2D eigenvalue weighted by Gasteiger charge is 2.31. The van der Waals surface area contributed by atoms with Gasteiger partial charge in [0.25, 0.3) is 0 Å². The standard InChI is InChI=1S/C21H16Cl2N2/c22-16-12-10-15(11-13-16)20-14-21(18-8-4-5-9-19(18)23)25(24-20)17-6-2-1-3-7-17/h1-13,21H,14H2. The first kappa shape index (κ1) is 16.2. The molecule has 4 rings (SSSR count). The fourth-order valence-corrected chi connectivity index (χ4v) is 3.52. The predicted molar refractivity (Wildman–Crippen MR) is 106 cm³/mol. The number of nitrogens with zero attached hydrogens (tertiary/aromatic N) is 2. The topological polar surface area (TPSA) is 15.6 Å². The highest BCUT2D eigenvalue weighted by molar-refractivity contribution is 6.31. The third-order valence-corrected chi connectivity index (χ3v) is 4.97. The SMILES string of the molecule is Clc1ccc(C2=NN(c3ccccc3)C(c3ccccc3Cl)C2)cc1. The largest absolute Gasteiger partial charge is 0.257 e. The highest BCUT2D eigenvalue weighted by atomic mass is 35.5.